The second-order valence-corrected chi connectivity index (χ2v) is 7.17. The molecule has 2 aliphatic rings. The molecule has 0 saturated carbocycles. The molecule has 0 radical (unpaired) electrons. The van der Waals surface area contributed by atoms with Gasteiger partial charge in [0.25, 0.3) is 0 Å². The van der Waals surface area contributed by atoms with E-state index < -0.39 is 11.4 Å². The average molecular weight is 368 g/mol. The Kier molecular flexibility index (Phi) is 3.76. The number of hydrogen-bond donors (Lipinski definition) is 2. The summed E-state index contributed by atoms with van der Waals surface area (Å²) in [5.41, 5.74) is 6.42. The number of halogens is 3. The van der Waals surface area contributed by atoms with Crippen molar-refractivity contribution in [2.45, 2.75) is 24.8 Å². The van der Waals surface area contributed by atoms with E-state index in [1.165, 1.54) is 6.20 Å². The maximum atomic E-state index is 14.4. The SMILES string of the molecule is NC1(c2nc(Cl)nc3c(F)c(Cl)ncc23)C=CCC12CCNCC2. The number of allylic oxidation sites excluding steroid dienone is 1. The number of nitrogens with zero attached hydrogens (tertiary/aromatic N) is 3. The topological polar surface area (TPSA) is 76.7 Å². The van der Waals surface area contributed by atoms with Crippen molar-refractivity contribution in [1.82, 2.24) is 20.3 Å². The van der Waals surface area contributed by atoms with E-state index in [-0.39, 0.29) is 21.4 Å². The highest BCUT2D eigenvalue weighted by Crippen LogP contribution is 2.53. The lowest BCUT2D eigenvalue weighted by molar-refractivity contribution is 0.122. The summed E-state index contributed by atoms with van der Waals surface area (Å²) in [6.07, 6.45) is 8.18. The number of nitrogens with one attached hydrogen (secondary N) is 1. The Labute approximate surface area is 148 Å². The largest absolute Gasteiger partial charge is 0.317 e. The number of pyridine rings is 1. The van der Waals surface area contributed by atoms with Crippen LogP contribution in [0, 0.1) is 11.2 Å². The molecule has 1 atom stereocenters. The second kappa shape index (κ2) is 5.59. The smallest absolute Gasteiger partial charge is 0.223 e. The van der Waals surface area contributed by atoms with Gasteiger partial charge in [-0.2, -0.15) is 0 Å². The molecule has 0 amide bonds. The number of fused-ring (bicyclic) bond motifs is 1. The van der Waals surface area contributed by atoms with Crippen molar-refractivity contribution in [3.8, 4) is 0 Å². The van der Waals surface area contributed by atoms with E-state index in [0.29, 0.717) is 11.1 Å². The quantitative estimate of drug-likeness (QED) is 0.460. The van der Waals surface area contributed by atoms with E-state index in [2.05, 4.69) is 26.3 Å². The zero-order valence-electron chi connectivity index (χ0n) is 12.8. The first-order chi connectivity index (χ1) is 11.5. The summed E-state index contributed by atoms with van der Waals surface area (Å²) < 4.78 is 14.4. The van der Waals surface area contributed by atoms with Gasteiger partial charge in [-0.1, -0.05) is 23.8 Å². The van der Waals surface area contributed by atoms with Gasteiger partial charge < -0.3 is 11.1 Å². The van der Waals surface area contributed by atoms with Crippen LogP contribution in [-0.4, -0.2) is 28.0 Å². The highest BCUT2D eigenvalue weighted by Gasteiger charge is 2.52. The van der Waals surface area contributed by atoms with Crippen LogP contribution in [0.4, 0.5) is 4.39 Å². The normalized spacial score (nSPS) is 25.7. The summed E-state index contributed by atoms with van der Waals surface area (Å²) in [7, 11) is 0. The molecule has 2 aromatic heterocycles. The molecule has 1 unspecified atom stereocenters. The Bertz CT molecular complexity index is 850. The molecular weight excluding hydrogens is 352 g/mol. The summed E-state index contributed by atoms with van der Waals surface area (Å²) in [5, 5.41) is 3.52. The summed E-state index contributed by atoms with van der Waals surface area (Å²) in [6, 6.07) is 0. The molecular formula is C16H16Cl2FN5. The molecule has 1 aliphatic carbocycles. The summed E-state index contributed by atoms with van der Waals surface area (Å²) in [5.74, 6) is -0.704. The summed E-state index contributed by atoms with van der Waals surface area (Å²) >= 11 is 11.9. The van der Waals surface area contributed by atoms with Crippen molar-refractivity contribution >= 4 is 34.1 Å². The van der Waals surface area contributed by atoms with Gasteiger partial charge in [0, 0.05) is 17.0 Å². The Morgan fingerprint density at radius 2 is 1.96 bits per heavy atom. The molecule has 3 heterocycles. The minimum atomic E-state index is -0.845. The van der Waals surface area contributed by atoms with Gasteiger partial charge in [-0.3, -0.25) is 0 Å². The third-order valence-electron chi connectivity index (χ3n) is 5.33. The fourth-order valence-corrected chi connectivity index (χ4v) is 4.30. The van der Waals surface area contributed by atoms with Gasteiger partial charge >= 0.3 is 0 Å². The molecule has 8 heteroatoms. The van der Waals surface area contributed by atoms with Gasteiger partial charge in [0.15, 0.2) is 11.0 Å². The van der Waals surface area contributed by atoms with Crippen molar-refractivity contribution in [3.63, 3.8) is 0 Å². The van der Waals surface area contributed by atoms with Gasteiger partial charge in [0.1, 0.15) is 5.52 Å². The van der Waals surface area contributed by atoms with Crippen LogP contribution >= 0.6 is 23.2 Å². The highest BCUT2D eigenvalue weighted by atomic mass is 35.5. The minimum absolute atomic E-state index is 0.0483. The van der Waals surface area contributed by atoms with Crippen molar-refractivity contribution in [2.24, 2.45) is 11.1 Å². The molecule has 1 aliphatic heterocycles. The van der Waals surface area contributed by atoms with Crippen molar-refractivity contribution < 1.29 is 4.39 Å². The Morgan fingerprint density at radius 3 is 2.71 bits per heavy atom. The fourth-order valence-electron chi connectivity index (χ4n) is 3.99. The Balaban J connectivity index is 1.98. The van der Waals surface area contributed by atoms with Gasteiger partial charge in [-0.25, -0.2) is 19.3 Å². The molecule has 3 N–H and O–H groups in total. The molecule has 0 aromatic carbocycles. The van der Waals surface area contributed by atoms with Crippen LogP contribution < -0.4 is 11.1 Å². The van der Waals surface area contributed by atoms with Gasteiger partial charge in [0.2, 0.25) is 5.28 Å². The number of nitrogens with two attached hydrogens (primary N) is 1. The van der Waals surface area contributed by atoms with Crippen LogP contribution in [0.5, 0.6) is 0 Å². The zero-order chi connectivity index (χ0) is 16.9. The summed E-state index contributed by atoms with van der Waals surface area (Å²) in [6.45, 7) is 1.77. The molecule has 1 spiro atoms. The predicted octanol–water partition coefficient (Wildman–Crippen LogP) is 2.95. The first-order valence-electron chi connectivity index (χ1n) is 7.82. The molecule has 24 heavy (non-hydrogen) atoms. The van der Waals surface area contributed by atoms with Crippen molar-refractivity contribution in [1.29, 1.82) is 0 Å². The zero-order valence-corrected chi connectivity index (χ0v) is 14.3. The number of piperidine rings is 1. The maximum absolute atomic E-state index is 14.4. The first kappa shape index (κ1) is 16.1. The monoisotopic (exact) mass is 367 g/mol. The molecule has 126 valence electrons. The molecule has 5 nitrogen and oxygen atoms in total. The van der Waals surface area contributed by atoms with E-state index in [4.69, 9.17) is 28.9 Å². The van der Waals surface area contributed by atoms with Crippen LogP contribution in [0.25, 0.3) is 10.9 Å². The van der Waals surface area contributed by atoms with Gasteiger partial charge in [-0.05, 0) is 44.0 Å². The third kappa shape index (κ3) is 2.17. The summed E-state index contributed by atoms with van der Waals surface area (Å²) in [4.78, 5) is 12.3. The van der Waals surface area contributed by atoms with Crippen LogP contribution in [0.3, 0.4) is 0 Å². The van der Waals surface area contributed by atoms with Crippen molar-refractivity contribution in [3.05, 3.63) is 40.3 Å². The Morgan fingerprint density at radius 1 is 1.21 bits per heavy atom. The number of hydrogen-bond acceptors (Lipinski definition) is 5. The molecule has 1 fully saturated rings. The van der Waals surface area contributed by atoms with E-state index in [0.717, 1.165) is 32.4 Å². The van der Waals surface area contributed by atoms with Gasteiger partial charge in [0.05, 0.1) is 11.2 Å². The average Bonchev–Trinajstić information content (AvgIpc) is 2.89. The van der Waals surface area contributed by atoms with E-state index in [1.54, 1.807) is 0 Å². The molecule has 0 bridgehead atoms. The Hall–Kier alpha value is -1.34. The highest BCUT2D eigenvalue weighted by molar-refractivity contribution is 6.30. The van der Waals surface area contributed by atoms with Crippen LogP contribution in [0.15, 0.2) is 18.3 Å². The van der Waals surface area contributed by atoms with Crippen molar-refractivity contribution in [2.75, 3.05) is 13.1 Å². The lowest BCUT2D eigenvalue weighted by Crippen LogP contribution is -2.54. The standard InChI is InChI=1S/C16H16Cl2FN5/c17-13-10(19)11-9(8-22-13)12(24-14(18)23-11)16(20)3-1-2-15(16)4-6-21-7-5-15/h1,3,8,21H,2,4-7,20H2. The van der Waals surface area contributed by atoms with Crippen LogP contribution in [0.1, 0.15) is 25.0 Å². The minimum Gasteiger partial charge on any atom is -0.317 e. The predicted molar refractivity (Wildman–Crippen MR) is 91.5 cm³/mol. The van der Waals surface area contributed by atoms with Crippen LogP contribution in [0.2, 0.25) is 10.4 Å². The number of rotatable bonds is 1. The fraction of sp³-hybridized carbons (Fsp3) is 0.438. The second-order valence-electron chi connectivity index (χ2n) is 6.47. The first-order valence-corrected chi connectivity index (χ1v) is 8.57. The van der Waals surface area contributed by atoms with E-state index in [9.17, 15) is 4.39 Å². The third-order valence-corrected chi connectivity index (χ3v) is 5.77. The molecule has 1 saturated heterocycles. The van der Waals surface area contributed by atoms with E-state index >= 15 is 0 Å². The van der Waals surface area contributed by atoms with E-state index in [1.807, 2.05) is 6.08 Å². The molecule has 4 rings (SSSR count). The maximum Gasteiger partial charge on any atom is 0.223 e. The number of aromatic nitrogens is 3. The lowest BCUT2D eigenvalue weighted by Gasteiger charge is -2.46. The lowest BCUT2D eigenvalue weighted by atomic mass is 9.64. The van der Waals surface area contributed by atoms with Gasteiger partial charge in [-0.15, -0.1) is 0 Å². The van der Waals surface area contributed by atoms with Crippen LogP contribution in [-0.2, 0) is 5.54 Å². The molecule has 2 aromatic rings.